The van der Waals surface area contributed by atoms with Crippen molar-refractivity contribution < 1.29 is 4.79 Å². The SMILES string of the molecule is C=CCNC(=O)c1c(NC(CC)(CC)CC)ccc(C)c1Cl. The van der Waals surface area contributed by atoms with Gasteiger partial charge in [0, 0.05) is 17.8 Å². The van der Waals surface area contributed by atoms with Gasteiger partial charge in [-0.1, -0.05) is 44.5 Å². The van der Waals surface area contributed by atoms with Gasteiger partial charge in [-0.25, -0.2) is 0 Å². The second-order valence-corrected chi connectivity index (χ2v) is 5.96. The molecular weight excluding hydrogens is 296 g/mol. The Kier molecular flexibility index (Phi) is 6.95. The van der Waals surface area contributed by atoms with Gasteiger partial charge in [-0.2, -0.15) is 0 Å². The lowest BCUT2D eigenvalue weighted by Gasteiger charge is -2.34. The average Bonchev–Trinajstić information content (AvgIpc) is 2.54. The second-order valence-electron chi connectivity index (χ2n) is 5.58. The zero-order valence-corrected chi connectivity index (χ0v) is 14.8. The number of anilines is 1. The van der Waals surface area contributed by atoms with Crippen LogP contribution >= 0.6 is 11.6 Å². The average molecular weight is 323 g/mol. The molecule has 0 fully saturated rings. The van der Waals surface area contributed by atoms with Crippen molar-refractivity contribution in [2.45, 2.75) is 52.5 Å². The highest BCUT2D eigenvalue weighted by Gasteiger charge is 2.26. The zero-order chi connectivity index (χ0) is 16.8. The van der Waals surface area contributed by atoms with Gasteiger partial charge in [-0.3, -0.25) is 4.79 Å². The Balaban J connectivity index is 3.27. The quantitative estimate of drug-likeness (QED) is 0.665. The maximum absolute atomic E-state index is 12.5. The summed E-state index contributed by atoms with van der Waals surface area (Å²) in [6, 6.07) is 3.89. The monoisotopic (exact) mass is 322 g/mol. The maximum atomic E-state index is 12.5. The molecule has 0 unspecified atom stereocenters. The first-order valence-electron chi connectivity index (χ1n) is 7.91. The Morgan fingerprint density at radius 3 is 2.36 bits per heavy atom. The van der Waals surface area contributed by atoms with Crippen LogP contribution in [-0.4, -0.2) is 18.0 Å². The molecule has 1 aromatic rings. The predicted octanol–water partition coefficient (Wildman–Crippen LogP) is 4.94. The molecule has 0 bridgehead atoms. The normalized spacial score (nSPS) is 11.1. The van der Waals surface area contributed by atoms with E-state index in [2.05, 4.69) is 38.0 Å². The van der Waals surface area contributed by atoms with Gasteiger partial charge in [0.05, 0.1) is 10.6 Å². The molecule has 1 amide bonds. The van der Waals surface area contributed by atoms with E-state index in [1.807, 2.05) is 19.1 Å². The largest absolute Gasteiger partial charge is 0.379 e. The smallest absolute Gasteiger partial charge is 0.255 e. The van der Waals surface area contributed by atoms with Gasteiger partial charge in [0.1, 0.15) is 0 Å². The van der Waals surface area contributed by atoms with E-state index in [1.165, 1.54) is 0 Å². The molecule has 0 aromatic heterocycles. The molecule has 22 heavy (non-hydrogen) atoms. The summed E-state index contributed by atoms with van der Waals surface area (Å²) < 4.78 is 0. The molecule has 1 rings (SSSR count). The van der Waals surface area contributed by atoms with E-state index >= 15 is 0 Å². The van der Waals surface area contributed by atoms with E-state index in [0.29, 0.717) is 17.1 Å². The molecule has 0 saturated heterocycles. The second kappa shape index (κ2) is 8.23. The zero-order valence-electron chi connectivity index (χ0n) is 14.1. The third-order valence-corrected chi connectivity index (χ3v) is 4.89. The molecule has 0 aliphatic rings. The van der Waals surface area contributed by atoms with Crippen LogP contribution in [0.3, 0.4) is 0 Å². The molecule has 122 valence electrons. The van der Waals surface area contributed by atoms with Gasteiger partial charge in [-0.05, 0) is 37.8 Å². The Bertz CT molecular complexity index is 528. The molecule has 0 radical (unpaired) electrons. The molecule has 1 aromatic carbocycles. The maximum Gasteiger partial charge on any atom is 0.255 e. The summed E-state index contributed by atoms with van der Waals surface area (Å²) in [7, 11) is 0. The molecular formula is C18H27ClN2O. The number of aryl methyl sites for hydroxylation is 1. The molecule has 0 aliphatic heterocycles. The van der Waals surface area contributed by atoms with Crippen LogP contribution in [-0.2, 0) is 0 Å². The summed E-state index contributed by atoms with van der Waals surface area (Å²) >= 11 is 6.40. The summed E-state index contributed by atoms with van der Waals surface area (Å²) in [4.78, 5) is 12.5. The lowest BCUT2D eigenvalue weighted by Crippen LogP contribution is -2.37. The molecule has 0 aliphatic carbocycles. The third-order valence-electron chi connectivity index (χ3n) is 4.40. The van der Waals surface area contributed by atoms with Crippen molar-refractivity contribution in [1.82, 2.24) is 5.32 Å². The molecule has 3 nitrogen and oxygen atoms in total. The first-order chi connectivity index (χ1) is 10.4. The van der Waals surface area contributed by atoms with E-state index in [9.17, 15) is 4.79 Å². The summed E-state index contributed by atoms with van der Waals surface area (Å²) in [6.07, 6.45) is 4.61. The van der Waals surface area contributed by atoms with Crippen LogP contribution < -0.4 is 10.6 Å². The molecule has 2 N–H and O–H groups in total. The first kappa shape index (κ1) is 18.6. The third kappa shape index (κ3) is 4.04. The number of hydrogen-bond acceptors (Lipinski definition) is 2. The van der Waals surface area contributed by atoms with E-state index in [1.54, 1.807) is 6.08 Å². The predicted molar refractivity (Wildman–Crippen MR) is 95.9 cm³/mol. The fraction of sp³-hybridized carbons (Fsp3) is 0.500. The highest BCUT2D eigenvalue weighted by molar-refractivity contribution is 6.35. The fourth-order valence-electron chi connectivity index (χ4n) is 2.56. The van der Waals surface area contributed by atoms with E-state index in [4.69, 9.17) is 11.6 Å². The molecule has 0 saturated carbocycles. The van der Waals surface area contributed by atoms with Gasteiger partial charge < -0.3 is 10.6 Å². The molecule has 4 heteroatoms. The van der Waals surface area contributed by atoms with Crippen LogP contribution in [0.5, 0.6) is 0 Å². The summed E-state index contributed by atoms with van der Waals surface area (Å²) in [6.45, 7) is 12.4. The summed E-state index contributed by atoms with van der Waals surface area (Å²) in [5.41, 5.74) is 2.18. The Hall–Kier alpha value is -1.48. The number of nitrogens with one attached hydrogen (secondary N) is 2. The number of amides is 1. The van der Waals surface area contributed by atoms with Crippen LogP contribution in [0.1, 0.15) is 56.0 Å². The summed E-state index contributed by atoms with van der Waals surface area (Å²) in [5.74, 6) is -0.173. The number of benzene rings is 1. The van der Waals surface area contributed by atoms with Crippen LogP contribution in [0.2, 0.25) is 5.02 Å². The highest BCUT2D eigenvalue weighted by Crippen LogP contribution is 2.32. The molecule has 0 heterocycles. The van der Waals surface area contributed by atoms with Crippen molar-refractivity contribution in [2.75, 3.05) is 11.9 Å². The van der Waals surface area contributed by atoms with E-state index < -0.39 is 0 Å². The Morgan fingerprint density at radius 1 is 1.27 bits per heavy atom. The van der Waals surface area contributed by atoms with Gasteiger partial charge in [0.2, 0.25) is 0 Å². The van der Waals surface area contributed by atoms with Gasteiger partial charge in [0.15, 0.2) is 0 Å². The van der Waals surface area contributed by atoms with Gasteiger partial charge in [0.25, 0.3) is 5.91 Å². The van der Waals surface area contributed by atoms with Gasteiger partial charge in [-0.15, -0.1) is 6.58 Å². The highest BCUT2D eigenvalue weighted by atomic mass is 35.5. The first-order valence-corrected chi connectivity index (χ1v) is 8.28. The standard InChI is InChI=1S/C18H27ClN2O/c1-6-12-20-17(22)15-14(11-10-13(5)16(15)19)21-18(7-2,8-3)9-4/h6,10-11,21H,1,7-9,12H2,2-5H3,(H,20,22). The molecule has 0 atom stereocenters. The van der Waals surface area contributed by atoms with Crippen molar-refractivity contribution in [1.29, 1.82) is 0 Å². The Labute approximate surface area is 139 Å². The topological polar surface area (TPSA) is 41.1 Å². The number of carbonyl (C=O) groups is 1. The van der Waals surface area contributed by atoms with Crippen LogP contribution in [0.15, 0.2) is 24.8 Å². The number of rotatable bonds is 8. The number of halogens is 1. The number of carbonyl (C=O) groups excluding carboxylic acids is 1. The minimum Gasteiger partial charge on any atom is -0.379 e. The van der Waals surface area contributed by atoms with E-state index in [-0.39, 0.29) is 11.4 Å². The fourth-order valence-corrected chi connectivity index (χ4v) is 2.81. The van der Waals surface area contributed by atoms with Crippen molar-refractivity contribution in [3.05, 3.63) is 40.9 Å². The minimum atomic E-state index is -0.173. The van der Waals surface area contributed by atoms with Crippen molar-refractivity contribution in [2.24, 2.45) is 0 Å². The lowest BCUT2D eigenvalue weighted by molar-refractivity contribution is 0.0958. The van der Waals surface area contributed by atoms with E-state index in [0.717, 1.165) is 30.5 Å². The van der Waals surface area contributed by atoms with Crippen LogP contribution in [0.25, 0.3) is 0 Å². The van der Waals surface area contributed by atoms with Gasteiger partial charge >= 0.3 is 0 Å². The van der Waals surface area contributed by atoms with Crippen molar-refractivity contribution in [3.63, 3.8) is 0 Å². The molecule has 0 spiro atoms. The minimum absolute atomic E-state index is 0.0218. The van der Waals surface area contributed by atoms with Crippen LogP contribution in [0, 0.1) is 6.92 Å². The van der Waals surface area contributed by atoms with Crippen molar-refractivity contribution in [3.8, 4) is 0 Å². The van der Waals surface area contributed by atoms with Crippen molar-refractivity contribution >= 4 is 23.2 Å². The number of hydrogen-bond donors (Lipinski definition) is 2. The Morgan fingerprint density at radius 2 is 1.86 bits per heavy atom. The summed E-state index contributed by atoms with van der Waals surface area (Å²) in [5, 5.41) is 6.88. The lowest BCUT2D eigenvalue weighted by atomic mass is 9.89. The van der Waals surface area contributed by atoms with Crippen LogP contribution in [0.4, 0.5) is 5.69 Å².